The Morgan fingerprint density at radius 3 is 2.31 bits per heavy atom. The highest BCUT2D eigenvalue weighted by molar-refractivity contribution is 6.01. The van der Waals surface area contributed by atoms with Gasteiger partial charge in [0.05, 0.1) is 11.8 Å². The van der Waals surface area contributed by atoms with E-state index in [1.807, 2.05) is 24.3 Å². The van der Waals surface area contributed by atoms with E-state index >= 15 is 0 Å². The fourth-order valence-corrected chi connectivity index (χ4v) is 2.49. The van der Waals surface area contributed by atoms with Crippen LogP contribution in [0.1, 0.15) is 22.8 Å². The van der Waals surface area contributed by atoms with Crippen molar-refractivity contribution in [2.75, 3.05) is 5.32 Å². The van der Waals surface area contributed by atoms with E-state index in [1.54, 1.807) is 36.4 Å². The van der Waals surface area contributed by atoms with E-state index in [9.17, 15) is 14.7 Å². The molecule has 130 valence electrons. The first-order valence-electron chi connectivity index (χ1n) is 7.96. The number of hydrazone groups is 1. The molecule has 0 aliphatic rings. The number of hydrogen-bond donors (Lipinski definition) is 3. The Morgan fingerprint density at radius 1 is 1.00 bits per heavy atom. The number of fused-ring (bicyclic) bond motifs is 1. The summed E-state index contributed by atoms with van der Waals surface area (Å²) in [5, 5.41) is 18.3. The summed E-state index contributed by atoms with van der Waals surface area (Å²) in [4.78, 5) is 23.2. The molecule has 0 aliphatic carbocycles. The van der Waals surface area contributed by atoms with Crippen LogP contribution in [-0.2, 0) is 4.79 Å². The van der Waals surface area contributed by atoms with Crippen molar-refractivity contribution < 1.29 is 14.7 Å². The molecule has 3 aromatic rings. The number of benzene rings is 3. The van der Waals surface area contributed by atoms with E-state index in [4.69, 9.17) is 0 Å². The first-order chi connectivity index (χ1) is 12.5. The van der Waals surface area contributed by atoms with Gasteiger partial charge < -0.3 is 10.4 Å². The smallest absolute Gasteiger partial charge is 0.275 e. The number of phenolic OH excluding ortho intramolecular Hbond substituents is 1. The predicted octanol–water partition coefficient (Wildman–Crippen LogP) is 3.27. The molecule has 0 bridgehead atoms. The molecule has 0 spiro atoms. The number of aromatic hydroxyl groups is 1. The van der Waals surface area contributed by atoms with E-state index in [-0.39, 0.29) is 17.2 Å². The highest BCUT2D eigenvalue weighted by Crippen LogP contribution is 2.24. The molecular formula is C20H17N3O3. The van der Waals surface area contributed by atoms with Crippen LogP contribution in [0, 0.1) is 0 Å². The van der Waals surface area contributed by atoms with Crippen LogP contribution < -0.4 is 10.7 Å². The SMILES string of the molecule is CC(=O)Nc1ccc(/C=N/NC(=O)c2cc3ccccc3cc2O)cc1. The Bertz CT molecular complexity index is 995. The van der Waals surface area contributed by atoms with Crippen molar-refractivity contribution in [2.24, 2.45) is 5.10 Å². The van der Waals surface area contributed by atoms with Crippen molar-refractivity contribution in [1.29, 1.82) is 0 Å². The van der Waals surface area contributed by atoms with Gasteiger partial charge in [0.2, 0.25) is 5.91 Å². The number of rotatable bonds is 4. The van der Waals surface area contributed by atoms with Gasteiger partial charge in [0.15, 0.2) is 0 Å². The lowest BCUT2D eigenvalue weighted by atomic mass is 10.1. The van der Waals surface area contributed by atoms with Crippen LogP contribution in [0.25, 0.3) is 10.8 Å². The number of hydrogen-bond acceptors (Lipinski definition) is 4. The van der Waals surface area contributed by atoms with Gasteiger partial charge in [0, 0.05) is 12.6 Å². The fourth-order valence-electron chi connectivity index (χ4n) is 2.49. The van der Waals surface area contributed by atoms with E-state index in [0.717, 1.165) is 16.3 Å². The molecule has 0 heterocycles. The maximum absolute atomic E-state index is 12.2. The van der Waals surface area contributed by atoms with E-state index < -0.39 is 5.91 Å². The van der Waals surface area contributed by atoms with Crippen LogP contribution >= 0.6 is 0 Å². The van der Waals surface area contributed by atoms with E-state index in [0.29, 0.717) is 5.69 Å². The largest absolute Gasteiger partial charge is 0.507 e. The van der Waals surface area contributed by atoms with Gasteiger partial charge in [-0.05, 0) is 40.6 Å². The number of carbonyl (C=O) groups is 2. The Labute approximate surface area is 150 Å². The number of amides is 2. The van der Waals surface area contributed by atoms with Crippen LogP contribution in [0.4, 0.5) is 5.69 Å². The Hall–Kier alpha value is -3.67. The zero-order valence-corrected chi connectivity index (χ0v) is 14.1. The standard InChI is InChI=1S/C20H17N3O3/c1-13(24)22-17-8-6-14(7-9-17)12-21-23-20(26)18-10-15-4-2-3-5-16(15)11-19(18)25/h2-12,25H,1H3,(H,22,24)(H,23,26)/b21-12+. The van der Waals surface area contributed by atoms with Crippen molar-refractivity contribution in [3.63, 3.8) is 0 Å². The van der Waals surface area contributed by atoms with Crippen molar-refractivity contribution >= 4 is 34.5 Å². The van der Waals surface area contributed by atoms with Gasteiger partial charge in [-0.3, -0.25) is 9.59 Å². The quantitative estimate of drug-likeness (QED) is 0.500. The minimum atomic E-state index is -0.501. The number of nitrogens with one attached hydrogen (secondary N) is 2. The molecule has 26 heavy (non-hydrogen) atoms. The number of nitrogens with zero attached hydrogens (tertiary/aromatic N) is 1. The molecule has 6 nitrogen and oxygen atoms in total. The number of carbonyl (C=O) groups excluding carboxylic acids is 2. The van der Waals surface area contributed by atoms with Gasteiger partial charge in [-0.1, -0.05) is 36.4 Å². The summed E-state index contributed by atoms with van der Waals surface area (Å²) in [6.07, 6.45) is 1.48. The maximum atomic E-state index is 12.2. The molecule has 0 atom stereocenters. The second-order valence-electron chi connectivity index (χ2n) is 5.72. The minimum absolute atomic E-state index is 0.101. The van der Waals surface area contributed by atoms with Crippen LogP contribution in [0.2, 0.25) is 0 Å². The lowest BCUT2D eigenvalue weighted by Crippen LogP contribution is -2.17. The fraction of sp³-hybridized carbons (Fsp3) is 0.0500. The van der Waals surface area contributed by atoms with Gasteiger partial charge in [-0.25, -0.2) is 5.43 Å². The average molecular weight is 347 g/mol. The summed E-state index contributed by atoms with van der Waals surface area (Å²) < 4.78 is 0. The highest BCUT2D eigenvalue weighted by atomic mass is 16.3. The zero-order chi connectivity index (χ0) is 18.5. The lowest BCUT2D eigenvalue weighted by Gasteiger charge is -2.06. The van der Waals surface area contributed by atoms with Crippen LogP contribution in [0.3, 0.4) is 0 Å². The summed E-state index contributed by atoms with van der Waals surface area (Å²) in [5.74, 6) is -0.746. The maximum Gasteiger partial charge on any atom is 0.275 e. The van der Waals surface area contributed by atoms with Crippen LogP contribution in [-0.4, -0.2) is 23.1 Å². The molecule has 0 aliphatic heterocycles. The van der Waals surface area contributed by atoms with E-state index in [1.165, 1.54) is 13.1 Å². The topological polar surface area (TPSA) is 90.8 Å². The summed E-state index contributed by atoms with van der Waals surface area (Å²) in [6, 6.07) is 17.6. The molecule has 0 saturated heterocycles. The predicted molar refractivity (Wildman–Crippen MR) is 101 cm³/mol. The molecule has 0 fully saturated rings. The number of anilines is 1. The third-order valence-corrected chi connectivity index (χ3v) is 3.72. The average Bonchev–Trinajstić information content (AvgIpc) is 2.62. The summed E-state index contributed by atoms with van der Waals surface area (Å²) in [6.45, 7) is 1.44. The van der Waals surface area contributed by atoms with Crippen molar-refractivity contribution in [3.05, 3.63) is 71.8 Å². The molecule has 0 radical (unpaired) electrons. The zero-order valence-electron chi connectivity index (χ0n) is 14.1. The second kappa shape index (κ2) is 7.48. The number of phenols is 1. The molecule has 0 saturated carbocycles. The third kappa shape index (κ3) is 4.05. The van der Waals surface area contributed by atoms with Gasteiger partial charge in [0.25, 0.3) is 5.91 Å². The van der Waals surface area contributed by atoms with Crippen molar-refractivity contribution in [3.8, 4) is 5.75 Å². The molecule has 0 unspecified atom stereocenters. The lowest BCUT2D eigenvalue weighted by molar-refractivity contribution is -0.114. The van der Waals surface area contributed by atoms with Gasteiger partial charge in [0.1, 0.15) is 5.75 Å². The van der Waals surface area contributed by atoms with Crippen LogP contribution in [0.15, 0.2) is 65.8 Å². The van der Waals surface area contributed by atoms with Crippen LogP contribution in [0.5, 0.6) is 5.75 Å². The van der Waals surface area contributed by atoms with Crippen molar-refractivity contribution in [2.45, 2.75) is 6.92 Å². The molecule has 3 N–H and O–H groups in total. The van der Waals surface area contributed by atoms with Gasteiger partial charge in [-0.15, -0.1) is 0 Å². The molecule has 2 amide bonds. The summed E-state index contributed by atoms with van der Waals surface area (Å²) in [5.41, 5.74) is 3.99. The molecular weight excluding hydrogens is 330 g/mol. The Balaban J connectivity index is 1.69. The van der Waals surface area contributed by atoms with Gasteiger partial charge in [-0.2, -0.15) is 5.10 Å². The normalized spacial score (nSPS) is 10.8. The first kappa shape index (κ1) is 17.2. The molecule has 6 heteroatoms. The third-order valence-electron chi connectivity index (χ3n) is 3.72. The Kier molecular flexibility index (Phi) is 4.94. The van der Waals surface area contributed by atoms with E-state index in [2.05, 4.69) is 15.8 Å². The van der Waals surface area contributed by atoms with Crippen molar-refractivity contribution in [1.82, 2.24) is 5.43 Å². The second-order valence-corrected chi connectivity index (χ2v) is 5.72. The highest BCUT2D eigenvalue weighted by Gasteiger charge is 2.11. The Morgan fingerprint density at radius 2 is 1.65 bits per heavy atom. The summed E-state index contributed by atoms with van der Waals surface area (Å²) >= 11 is 0. The molecule has 0 aromatic heterocycles. The summed E-state index contributed by atoms with van der Waals surface area (Å²) in [7, 11) is 0. The molecule has 3 rings (SSSR count). The first-order valence-corrected chi connectivity index (χ1v) is 7.96. The van der Waals surface area contributed by atoms with Gasteiger partial charge >= 0.3 is 0 Å². The minimum Gasteiger partial charge on any atom is -0.507 e. The molecule has 3 aromatic carbocycles. The monoisotopic (exact) mass is 347 g/mol.